The normalized spacial score (nSPS) is 10.6. The number of nitrogens with one attached hydrogen (secondary N) is 1. The summed E-state index contributed by atoms with van der Waals surface area (Å²) in [5, 5.41) is 3.03. The van der Waals surface area contributed by atoms with Gasteiger partial charge in [0.15, 0.2) is 0 Å². The summed E-state index contributed by atoms with van der Waals surface area (Å²) in [4.78, 5) is 0. The number of hydrogen-bond acceptors (Lipinski definition) is 1. The van der Waals surface area contributed by atoms with Crippen LogP contribution in [0.5, 0.6) is 0 Å². The lowest BCUT2D eigenvalue weighted by Gasteiger charge is -2.12. The van der Waals surface area contributed by atoms with Crippen molar-refractivity contribution in [3.05, 3.63) is 62.0 Å². The van der Waals surface area contributed by atoms with Gasteiger partial charge in [0.1, 0.15) is 11.6 Å². The fourth-order valence-corrected chi connectivity index (χ4v) is 2.47. The van der Waals surface area contributed by atoms with Crippen LogP contribution in [0.2, 0.25) is 0 Å². The van der Waals surface area contributed by atoms with Gasteiger partial charge in [-0.15, -0.1) is 0 Å². The highest BCUT2D eigenvalue weighted by Gasteiger charge is 2.12. The zero-order valence-electron chi connectivity index (χ0n) is 10.1. The van der Waals surface area contributed by atoms with Crippen LogP contribution >= 0.6 is 31.9 Å². The van der Waals surface area contributed by atoms with Crippen LogP contribution in [0.25, 0.3) is 0 Å². The Bertz CT molecular complexity index is 615. The van der Waals surface area contributed by atoms with Crippen LogP contribution in [-0.4, -0.2) is 0 Å². The number of halogens is 4. The number of anilines is 1. The molecule has 19 heavy (non-hydrogen) atoms. The average Bonchev–Trinajstić information content (AvgIpc) is 2.39. The Morgan fingerprint density at radius 1 is 1.11 bits per heavy atom. The summed E-state index contributed by atoms with van der Waals surface area (Å²) in [6, 6.07) is 8.29. The summed E-state index contributed by atoms with van der Waals surface area (Å²) in [7, 11) is 0. The summed E-state index contributed by atoms with van der Waals surface area (Å²) in [6.45, 7) is 2.04. The second-order valence-corrected chi connectivity index (χ2v) is 5.76. The highest BCUT2D eigenvalue weighted by atomic mass is 79.9. The molecule has 0 heterocycles. The fourth-order valence-electron chi connectivity index (χ4n) is 1.70. The summed E-state index contributed by atoms with van der Waals surface area (Å²) in [5.74, 6) is -1.13. The van der Waals surface area contributed by atoms with Crippen molar-refractivity contribution in [3.63, 3.8) is 0 Å². The second kappa shape index (κ2) is 6.01. The van der Waals surface area contributed by atoms with Crippen molar-refractivity contribution in [1.82, 2.24) is 0 Å². The third-order valence-electron chi connectivity index (χ3n) is 2.79. The molecule has 0 saturated heterocycles. The molecule has 5 heteroatoms. The van der Waals surface area contributed by atoms with Gasteiger partial charge in [-0.1, -0.05) is 12.1 Å². The predicted molar refractivity (Wildman–Crippen MR) is 80.3 cm³/mol. The predicted octanol–water partition coefficient (Wildman–Crippen LogP) is 5.41. The molecule has 0 aliphatic rings. The monoisotopic (exact) mass is 389 g/mol. The first-order valence-electron chi connectivity index (χ1n) is 5.62. The molecule has 0 aromatic heterocycles. The molecule has 2 aromatic rings. The van der Waals surface area contributed by atoms with Crippen LogP contribution in [0, 0.1) is 18.6 Å². The Morgan fingerprint density at radius 3 is 2.58 bits per heavy atom. The molecular weight excluding hydrogens is 380 g/mol. The maximum Gasteiger partial charge on any atom is 0.145 e. The highest BCUT2D eigenvalue weighted by Crippen LogP contribution is 2.27. The molecule has 0 fully saturated rings. The van der Waals surface area contributed by atoms with Crippen molar-refractivity contribution >= 4 is 37.5 Å². The average molecular weight is 391 g/mol. The van der Waals surface area contributed by atoms with Gasteiger partial charge in [-0.2, -0.15) is 0 Å². The molecule has 0 radical (unpaired) electrons. The third kappa shape index (κ3) is 3.15. The number of benzene rings is 2. The lowest BCUT2D eigenvalue weighted by molar-refractivity contribution is 0.555. The van der Waals surface area contributed by atoms with Crippen molar-refractivity contribution in [2.45, 2.75) is 13.5 Å². The first kappa shape index (κ1) is 14.5. The zero-order valence-corrected chi connectivity index (χ0v) is 13.3. The minimum Gasteiger partial charge on any atom is -0.380 e. The standard InChI is InChI=1S/C14H11Br2F2N/c1-8-3-2-4-12(13(8)16)19-7-9-11(17)6-5-10(15)14(9)18/h2-6,19H,7H2,1H3. The van der Waals surface area contributed by atoms with Gasteiger partial charge in [0.25, 0.3) is 0 Å². The highest BCUT2D eigenvalue weighted by molar-refractivity contribution is 9.11. The van der Waals surface area contributed by atoms with Crippen molar-refractivity contribution in [2.24, 2.45) is 0 Å². The number of aryl methyl sites for hydroxylation is 1. The first-order valence-corrected chi connectivity index (χ1v) is 7.20. The van der Waals surface area contributed by atoms with E-state index in [0.29, 0.717) is 0 Å². The van der Waals surface area contributed by atoms with Crippen LogP contribution in [0.4, 0.5) is 14.5 Å². The van der Waals surface area contributed by atoms with Crippen molar-refractivity contribution < 1.29 is 8.78 Å². The van der Waals surface area contributed by atoms with E-state index in [1.807, 2.05) is 25.1 Å². The van der Waals surface area contributed by atoms with E-state index >= 15 is 0 Å². The molecule has 2 rings (SSSR count). The van der Waals surface area contributed by atoms with Crippen LogP contribution in [0.1, 0.15) is 11.1 Å². The topological polar surface area (TPSA) is 12.0 Å². The largest absolute Gasteiger partial charge is 0.380 e. The van der Waals surface area contributed by atoms with Crippen LogP contribution in [0.15, 0.2) is 39.3 Å². The Labute approximate surface area is 127 Å². The van der Waals surface area contributed by atoms with Gasteiger partial charge in [-0.05, 0) is 62.5 Å². The molecule has 0 aliphatic carbocycles. The van der Waals surface area contributed by atoms with Gasteiger partial charge in [-0.25, -0.2) is 8.78 Å². The molecule has 1 nitrogen and oxygen atoms in total. The van der Waals surface area contributed by atoms with Crippen LogP contribution in [-0.2, 0) is 6.54 Å². The summed E-state index contributed by atoms with van der Waals surface area (Å²) < 4.78 is 28.6. The molecule has 0 atom stereocenters. The van der Waals surface area contributed by atoms with Gasteiger partial charge >= 0.3 is 0 Å². The molecule has 1 N–H and O–H groups in total. The second-order valence-electron chi connectivity index (χ2n) is 4.11. The summed E-state index contributed by atoms with van der Waals surface area (Å²) in [6.07, 6.45) is 0. The maximum absolute atomic E-state index is 13.8. The Morgan fingerprint density at radius 2 is 1.84 bits per heavy atom. The third-order valence-corrected chi connectivity index (χ3v) is 4.45. The lowest BCUT2D eigenvalue weighted by atomic mass is 10.1. The van der Waals surface area contributed by atoms with Crippen molar-refractivity contribution in [3.8, 4) is 0 Å². The van der Waals surface area contributed by atoms with E-state index in [1.165, 1.54) is 12.1 Å². The van der Waals surface area contributed by atoms with Crippen molar-refractivity contribution in [2.75, 3.05) is 5.32 Å². The Kier molecular flexibility index (Phi) is 4.58. The van der Waals surface area contributed by atoms with Gasteiger partial charge < -0.3 is 5.32 Å². The molecule has 0 spiro atoms. The lowest BCUT2D eigenvalue weighted by Crippen LogP contribution is -2.06. The summed E-state index contributed by atoms with van der Waals surface area (Å²) >= 11 is 6.50. The Balaban J connectivity index is 2.24. The van der Waals surface area contributed by atoms with Crippen LogP contribution in [0.3, 0.4) is 0 Å². The summed E-state index contributed by atoms with van der Waals surface area (Å²) in [5.41, 5.74) is 1.88. The zero-order chi connectivity index (χ0) is 14.0. The van der Waals surface area contributed by atoms with Crippen molar-refractivity contribution in [1.29, 1.82) is 0 Å². The van der Waals surface area contributed by atoms with Gasteiger partial charge in [0.05, 0.1) is 4.47 Å². The molecular formula is C14H11Br2F2N. The van der Waals surface area contributed by atoms with E-state index < -0.39 is 11.6 Å². The van der Waals surface area contributed by atoms with E-state index in [-0.39, 0.29) is 16.6 Å². The minimum absolute atomic E-state index is 0.0165. The SMILES string of the molecule is Cc1cccc(NCc2c(F)ccc(Br)c2F)c1Br. The van der Waals surface area contributed by atoms with Crippen LogP contribution < -0.4 is 5.32 Å². The molecule has 100 valence electrons. The van der Waals surface area contributed by atoms with E-state index in [0.717, 1.165) is 15.7 Å². The van der Waals surface area contributed by atoms with E-state index in [4.69, 9.17) is 0 Å². The van der Waals surface area contributed by atoms with E-state index in [9.17, 15) is 8.78 Å². The molecule has 0 unspecified atom stereocenters. The molecule has 0 aliphatic heterocycles. The maximum atomic E-state index is 13.8. The first-order chi connectivity index (χ1) is 9.00. The quantitative estimate of drug-likeness (QED) is 0.691. The molecule has 2 aromatic carbocycles. The van der Waals surface area contributed by atoms with Gasteiger partial charge in [0.2, 0.25) is 0 Å². The minimum atomic E-state index is -0.573. The fraction of sp³-hybridized carbons (Fsp3) is 0.143. The van der Waals surface area contributed by atoms with Gasteiger partial charge in [-0.3, -0.25) is 0 Å². The number of rotatable bonds is 3. The number of hydrogen-bond donors (Lipinski definition) is 1. The van der Waals surface area contributed by atoms with E-state index in [2.05, 4.69) is 37.2 Å². The molecule has 0 amide bonds. The molecule has 0 bridgehead atoms. The van der Waals surface area contributed by atoms with E-state index in [1.54, 1.807) is 0 Å². The Hall–Kier alpha value is -0.940. The van der Waals surface area contributed by atoms with Gasteiger partial charge in [0, 0.05) is 22.3 Å². The smallest absolute Gasteiger partial charge is 0.145 e. The molecule has 0 saturated carbocycles.